The maximum atomic E-state index is 13.4. The highest BCUT2D eigenvalue weighted by atomic mass is 16.5. The Hall–Kier alpha value is -3.48. The van der Waals surface area contributed by atoms with Crippen LogP contribution in [0.5, 0.6) is 11.5 Å². The van der Waals surface area contributed by atoms with Crippen LogP contribution in [0, 0.1) is 11.8 Å². The second-order valence-electron chi connectivity index (χ2n) is 8.14. The summed E-state index contributed by atoms with van der Waals surface area (Å²) < 4.78 is 5.28. The molecule has 2 aromatic rings. The Bertz CT molecular complexity index is 1090. The van der Waals surface area contributed by atoms with E-state index in [0.717, 1.165) is 11.3 Å². The summed E-state index contributed by atoms with van der Waals surface area (Å²) in [6.07, 6.45) is 2.76. The molecule has 2 heterocycles. The maximum Gasteiger partial charge on any atom is 0.255 e. The number of nitrogens with one attached hydrogen (secondary N) is 1. The summed E-state index contributed by atoms with van der Waals surface area (Å²) >= 11 is 0. The van der Waals surface area contributed by atoms with Gasteiger partial charge in [0.2, 0.25) is 0 Å². The molecule has 1 fully saturated rings. The number of aromatic nitrogens is 1. The number of nitrogens with zero attached hydrogens (tertiary/aromatic N) is 2. The number of ketones is 1. The molecule has 0 saturated heterocycles. The van der Waals surface area contributed by atoms with Gasteiger partial charge in [0.1, 0.15) is 11.6 Å². The fourth-order valence-electron chi connectivity index (χ4n) is 4.55. The third-order valence-corrected chi connectivity index (χ3v) is 5.87. The molecular formula is C24H25N3O4. The lowest BCUT2D eigenvalue weighted by Gasteiger charge is -2.37. The Labute approximate surface area is 180 Å². The Kier molecular flexibility index (Phi) is 5.59. The minimum absolute atomic E-state index is 0.000249. The van der Waals surface area contributed by atoms with Crippen molar-refractivity contribution in [3.8, 4) is 11.5 Å². The van der Waals surface area contributed by atoms with Crippen LogP contribution in [0.1, 0.15) is 38.2 Å². The van der Waals surface area contributed by atoms with Crippen LogP contribution in [-0.2, 0) is 9.59 Å². The number of rotatable bonds is 4. The van der Waals surface area contributed by atoms with E-state index in [1.54, 1.807) is 43.5 Å². The number of phenolic OH excluding ortho intramolecular Hbond substituents is 1. The van der Waals surface area contributed by atoms with Crippen LogP contribution >= 0.6 is 0 Å². The van der Waals surface area contributed by atoms with Crippen LogP contribution in [0.4, 0.5) is 5.82 Å². The van der Waals surface area contributed by atoms with Crippen molar-refractivity contribution in [1.82, 2.24) is 4.98 Å². The first-order valence-electron chi connectivity index (χ1n) is 10.3. The fourth-order valence-corrected chi connectivity index (χ4v) is 4.55. The van der Waals surface area contributed by atoms with E-state index in [2.05, 4.69) is 10.3 Å². The second-order valence-corrected chi connectivity index (χ2v) is 8.14. The van der Waals surface area contributed by atoms with Gasteiger partial charge in [-0.2, -0.15) is 0 Å². The van der Waals surface area contributed by atoms with Crippen molar-refractivity contribution in [1.29, 1.82) is 0 Å². The summed E-state index contributed by atoms with van der Waals surface area (Å²) in [6.45, 7) is 3.84. The third-order valence-electron chi connectivity index (χ3n) is 5.87. The predicted molar refractivity (Wildman–Crippen MR) is 117 cm³/mol. The van der Waals surface area contributed by atoms with E-state index < -0.39 is 11.8 Å². The molecule has 0 spiro atoms. The summed E-state index contributed by atoms with van der Waals surface area (Å²) in [5.74, 6) is -0.376. The molecule has 160 valence electrons. The van der Waals surface area contributed by atoms with Crippen molar-refractivity contribution in [3.05, 3.63) is 59.4 Å². The summed E-state index contributed by atoms with van der Waals surface area (Å²) in [5.41, 5.74) is 2.54. The Morgan fingerprint density at radius 2 is 2.00 bits per heavy atom. The molecule has 2 N–H and O–H groups in total. The molecule has 2 aliphatic rings. The van der Waals surface area contributed by atoms with Gasteiger partial charge in [-0.25, -0.2) is 4.98 Å². The van der Waals surface area contributed by atoms with Gasteiger partial charge < -0.3 is 15.2 Å². The number of benzene rings is 1. The van der Waals surface area contributed by atoms with Gasteiger partial charge in [-0.3, -0.25) is 14.6 Å². The number of methoxy groups -OCH3 is 1. The number of amides is 1. The lowest BCUT2D eigenvalue weighted by Crippen LogP contribution is -2.41. The van der Waals surface area contributed by atoms with Crippen molar-refractivity contribution in [2.24, 2.45) is 16.8 Å². The molecule has 1 saturated carbocycles. The van der Waals surface area contributed by atoms with Crippen LogP contribution in [0.2, 0.25) is 0 Å². The van der Waals surface area contributed by atoms with Crippen LogP contribution < -0.4 is 10.1 Å². The molecule has 1 aliphatic carbocycles. The summed E-state index contributed by atoms with van der Waals surface area (Å²) in [4.78, 5) is 35.4. The highest BCUT2D eigenvalue weighted by Crippen LogP contribution is 2.45. The van der Waals surface area contributed by atoms with E-state index in [9.17, 15) is 14.7 Å². The van der Waals surface area contributed by atoms with E-state index in [4.69, 9.17) is 9.73 Å². The average molecular weight is 419 g/mol. The molecule has 4 rings (SSSR count). The number of carbonyl (C=O) groups excluding carboxylic acids is 2. The molecule has 3 atom stereocenters. The van der Waals surface area contributed by atoms with Crippen molar-refractivity contribution in [2.45, 2.75) is 32.6 Å². The largest absolute Gasteiger partial charge is 0.504 e. The summed E-state index contributed by atoms with van der Waals surface area (Å²) in [5, 5.41) is 12.9. The normalized spacial score (nSPS) is 23.1. The molecule has 7 nitrogen and oxygen atoms in total. The minimum Gasteiger partial charge on any atom is -0.504 e. The van der Waals surface area contributed by atoms with Gasteiger partial charge in [0.25, 0.3) is 5.91 Å². The van der Waals surface area contributed by atoms with Gasteiger partial charge in [-0.05, 0) is 49.1 Å². The lowest BCUT2D eigenvalue weighted by molar-refractivity contribution is -0.123. The van der Waals surface area contributed by atoms with Gasteiger partial charge >= 0.3 is 0 Å². The first-order valence-corrected chi connectivity index (χ1v) is 10.3. The molecule has 1 unspecified atom stereocenters. The van der Waals surface area contributed by atoms with Crippen LogP contribution in [0.3, 0.4) is 0 Å². The molecule has 0 radical (unpaired) electrons. The zero-order chi connectivity index (χ0) is 22.1. The molecule has 7 heteroatoms. The Morgan fingerprint density at radius 1 is 1.19 bits per heavy atom. The van der Waals surface area contributed by atoms with Crippen LogP contribution in [0.25, 0.3) is 0 Å². The number of fused-ring (bicyclic) bond motifs is 1. The van der Waals surface area contributed by atoms with Crippen LogP contribution in [0.15, 0.2) is 58.9 Å². The van der Waals surface area contributed by atoms with Crippen molar-refractivity contribution >= 4 is 23.2 Å². The number of Topliss-reactive ketones (excluding diaryl/α,β-unsaturated/α-hetero) is 1. The SMILES string of the molecule is COc1cc([C@@H]2C(C(=O)Nc3ccccn3)=C(C)N=C3C[C@@H](C)CC(=O)C32)ccc1O. The molecule has 0 bridgehead atoms. The minimum atomic E-state index is -0.522. The first kappa shape index (κ1) is 20.8. The smallest absolute Gasteiger partial charge is 0.255 e. The molecule has 1 aromatic heterocycles. The van der Waals surface area contributed by atoms with E-state index in [1.165, 1.54) is 13.2 Å². The van der Waals surface area contributed by atoms with Crippen molar-refractivity contribution < 1.29 is 19.4 Å². The highest BCUT2D eigenvalue weighted by Gasteiger charge is 2.44. The van der Waals surface area contributed by atoms with Gasteiger partial charge in [0, 0.05) is 35.5 Å². The maximum absolute atomic E-state index is 13.4. The average Bonchev–Trinajstić information content (AvgIpc) is 2.73. The number of allylic oxidation sites excluding steroid dienone is 1. The number of aromatic hydroxyl groups is 1. The number of hydrogen-bond acceptors (Lipinski definition) is 6. The molecule has 1 amide bonds. The number of carbonyl (C=O) groups is 2. The molecular weight excluding hydrogens is 394 g/mol. The number of ether oxygens (including phenoxy) is 1. The van der Waals surface area contributed by atoms with Gasteiger partial charge in [0.05, 0.1) is 13.0 Å². The predicted octanol–water partition coefficient (Wildman–Crippen LogP) is 3.86. The van der Waals surface area contributed by atoms with E-state index in [-0.39, 0.29) is 23.4 Å². The third kappa shape index (κ3) is 3.95. The number of phenols is 1. The standard InChI is InChI=1S/C24H25N3O4/c1-13-10-16-23(18(29)11-13)22(15-7-8-17(28)19(12-15)31-3)21(14(2)26-16)24(30)27-20-6-4-5-9-25-20/h4-9,12-13,22-23,28H,10-11H2,1-3H3,(H,25,27,30)/t13-,22-,23?/m1/s1. The van der Waals surface area contributed by atoms with Gasteiger partial charge in [-0.15, -0.1) is 0 Å². The number of aliphatic imine (C=N–C) groups is 1. The van der Waals surface area contributed by atoms with E-state index in [0.29, 0.717) is 35.7 Å². The number of hydrogen-bond donors (Lipinski definition) is 2. The highest BCUT2D eigenvalue weighted by molar-refractivity contribution is 6.14. The molecule has 31 heavy (non-hydrogen) atoms. The van der Waals surface area contributed by atoms with Crippen molar-refractivity contribution in [2.75, 3.05) is 12.4 Å². The first-order chi connectivity index (χ1) is 14.9. The quantitative estimate of drug-likeness (QED) is 0.784. The van der Waals surface area contributed by atoms with E-state index >= 15 is 0 Å². The van der Waals surface area contributed by atoms with Gasteiger partial charge in [0.15, 0.2) is 11.5 Å². The zero-order valence-corrected chi connectivity index (χ0v) is 17.8. The second kappa shape index (κ2) is 8.34. The molecule has 1 aliphatic heterocycles. The van der Waals surface area contributed by atoms with Crippen molar-refractivity contribution in [3.63, 3.8) is 0 Å². The monoisotopic (exact) mass is 419 g/mol. The van der Waals surface area contributed by atoms with E-state index in [1.807, 2.05) is 6.92 Å². The van der Waals surface area contributed by atoms with Gasteiger partial charge in [-0.1, -0.05) is 19.1 Å². The fraction of sp³-hybridized carbons (Fsp3) is 0.333. The van der Waals surface area contributed by atoms with Crippen LogP contribution in [-0.4, -0.2) is 34.6 Å². The number of anilines is 1. The Morgan fingerprint density at radius 3 is 2.71 bits per heavy atom. The Balaban J connectivity index is 1.83. The number of pyridine rings is 1. The topological polar surface area (TPSA) is 101 Å². The zero-order valence-electron chi connectivity index (χ0n) is 17.8. The molecule has 1 aromatic carbocycles. The lowest BCUT2D eigenvalue weighted by atomic mass is 9.67. The summed E-state index contributed by atoms with van der Waals surface area (Å²) in [7, 11) is 1.47. The summed E-state index contributed by atoms with van der Waals surface area (Å²) in [6, 6.07) is 10.2.